The Balaban J connectivity index is -0.0000000363. The fourth-order valence-electron chi connectivity index (χ4n) is 1.27. The molecule has 0 aliphatic heterocycles. The third-order valence-corrected chi connectivity index (χ3v) is 2.03. The van der Waals surface area contributed by atoms with Crippen molar-refractivity contribution in [2.75, 3.05) is 0 Å². The van der Waals surface area contributed by atoms with Gasteiger partial charge in [0.25, 0.3) is 5.56 Å². The van der Waals surface area contributed by atoms with Gasteiger partial charge in [-0.15, -0.1) is 0 Å². The summed E-state index contributed by atoms with van der Waals surface area (Å²) in [6.07, 6.45) is 1.39. The maximum Gasteiger partial charge on any atom is 3.00 e. The molecule has 0 aliphatic carbocycles. The van der Waals surface area contributed by atoms with Crippen molar-refractivity contribution in [2.45, 2.75) is 0 Å². The molecule has 2 heterocycles. The minimum atomic E-state index is -0.371. The molecule has 0 fully saturated rings. The van der Waals surface area contributed by atoms with Gasteiger partial charge in [0.05, 0.1) is 6.33 Å². The molecule has 137 valence electrons. The average molecular weight is 473 g/mol. The van der Waals surface area contributed by atoms with E-state index >= 15 is 0 Å². The van der Waals surface area contributed by atoms with E-state index in [1.54, 1.807) is 7.05 Å². The van der Waals surface area contributed by atoms with Gasteiger partial charge in [-0.05, 0) is 0 Å². The maximum absolute atomic E-state index is 11.4. The molecule has 0 saturated carbocycles. The van der Waals surface area contributed by atoms with Crippen LogP contribution in [0.2, 0.25) is 0 Å². The Hall–Kier alpha value is -0.557. The Morgan fingerprint density at radius 1 is 0.909 bits per heavy atom. The van der Waals surface area contributed by atoms with Crippen LogP contribution in [0, 0.1) is 0 Å². The van der Waals surface area contributed by atoms with Gasteiger partial charge in [-0.1, -0.05) is 0 Å². The van der Waals surface area contributed by atoms with E-state index in [9.17, 15) is 9.59 Å². The number of nitrogens with zero attached hydrogens (tertiary/aromatic N) is 3. The van der Waals surface area contributed by atoms with Crippen LogP contribution in [0.5, 0.6) is 0 Å². The van der Waals surface area contributed by atoms with Gasteiger partial charge in [-0.3, -0.25) is 13.9 Å². The number of H-pyrrole nitrogens is 1. The number of hydrogen-bond acceptors (Lipinski definition) is 8. The minimum absolute atomic E-state index is 0. The first-order valence-corrected chi connectivity index (χ1v) is 3.72. The van der Waals surface area contributed by atoms with Crippen LogP contribution >= 0.6 is 0 Å². The Morgan fingerprint density at radius 2 is 1.32 bits per heavy atom. The third kappa shape index (κ3) is 7.63. The number of aryl methyl sites for hydroxylation is 1. The largest absolute Gasteiger partial charge is 3.00 e. The Kier molecular flexibility index (Phi) is 41.7. The van der Waals surface area contributed by atoms with Crippen molar-refractivity contribution in [1.29, 1.82) is 0 Å². The van der Waals surface area contributed by atoms with E-state index in [-0.39, 0.29) is 98.7 Å². The number of fused-ring (bicyclic) bond motifs is 1. The van der Waals surface area contributed by atoms with Crippen molar-refractivity contribution in [3.63, 3.8) is 0 Å². The van der Waals surface area contributed by atoms with Gasteiger partial charge in [0, 0.05) is 14.1 Å². The minimum Gasteiger partial charge on any atom is -1.00 e. The molecule has 1 radical (unpaired) electrons. The van der Waals surface area contributed by atoms with Crippen LogP contribution in [0.1, 0.15) is 0 Å². The van der Waals surface area contributed by atoms with Crippen molar-refractivity contribution >= 4 is 11.2 Å². The molecule has 2 aromatic heterocycles. The molecule has 0 saturated heterocycles. The second kappa shape index (κ2) is 18.5. The Morgan fingerprint density at radius 3 is 1.73 bits per heavy atom. The summed E-state index contributed by atoms with van der Waals surface area (Å²) in [5, 5.41) is 0. The monoisotopic (exact) mass is 472 g/mol. The van der Waals surface area contributed by atoms with Crippen molar-refractivity contribution in [2.24, 2.45) is 14.1 Å². The van der Waals surface area contributed by atoms with E-state index < -0.39 is 0 Å². The van der Waals surface area contributed by atoms with Crippen LogP contribution in [0.3, 0.4) is 0 Å². The standard InChI is InChI=1S/C7H8N4O2.3ClH.5H3N.Ru/c1-10-5-4(8-3-9-5)6(12)11(2)7(10)13;;;;;;;;;/h3H,1-2H3,(H,8,9);3*1H;5*1H3;/q;;;;;;;;;+3/p-3. The molecule has 15 heteroatoms. The second-order valence-electron chi connectivity index (χ2n) is 2.81. The van der Waals surface area contributed by atoms with Crippen LogP contribution < -0.4 is 79.2 Å². The first-order chi connectivity index (χ1) is 6.13. The molecule has 0 aromatic carbocycles. The van der Waals surface area contributed by atoms with Crippen molar-refractivity contribution in [1.82, 2.24) is 49.9 Å². The predicted molar refractivity (Wildman–Crippen MR) is 71.7 cm³/mol. The van der Waals surface area contributed by atoms with Crippen LogP contribution in [0.25, 0.3) is 11.2 Å². The summed E-state index contributed by atoms with van der Waals surface area (Å²) < 4.78 is 2.37. The number of aromatic amines is 1. The summed E-state index contributed by atoms with van der Waals surface area (Å²) >= 11 is 0. The van der Waals surface area contributed by atoms with Gasteiger partial charge in [0.2, 0.25) is 0 Å². The van der Waals surface area contributed by atoms with Crippen LogP contribution in [-0.2, 0) is 33.6 Å². The van der Waals surface area contributed by atoms with Gasteiger partial charge in [-0.2, -0.15) is 0 Å². The van der Waals surface area contributed by atoms with Crippen molar-refractivity contribution in [3.8, 4) is 0 Å². The van der Waals surface area contributed by atoms with E-state index in [1.807, 2.05) is 0 Å². The van der Waals surface area contributed by atoms with Gasteiger partial charge in [-0.25, -0.2) is 9.78 Å². The fourth-order valence-corrected chi connectivity index (χ4v) is 1.27. The summed E-state index contributed by atoms with van der Waals surface area (Å²) in [6, 6.07) is 0. The van der Waals surface area contributed by atoms with Crippen LogP contribution in [-0.4, -0.2) is 19.1 Å². The van der Waals surface area contributed by atoms with E-state index in [2.05, 4.69) is 9.97 Å². The summed E-state index contributed by atoms with van der Waals surface area (Å²) in [4.78, 5) is 29.4. The molecular formula is C7H23Cl3N9O2Ru. The molecule has 0 spiro atoms. The smallest absolute Gasteiger partial charge is 1.00 e. The topological polar surface area (TPSA) is 248 Å². The van der Waals surface area contributed by atoms with Crippen LogP contribution in [0.15, 0.2) is 15.9 Å². The number of rotatable bonds is 0. The van der Waals surface area contributed by atoms with E-state index in [0.717, 1.165) is 4.57 Å². The fraction of sp³-hybridized carbons (Fsp3) is 0.286. The molecule has 0 amide bonds. The van der Waals surface area contributed by atoms with Crippen molar-refractivity contribution < 1.29 is 56.7 Å². The molecule has 0 bridgehead atoms. The first-order valence-electron chi connectivity index (χ1n) is 3.72. The number of halogens is 3. The van der Waals surface area contributed by atoms with Crippen molar-refractivity contribution in [3.05, 3.63) is 27.2 Å². The average Bonchev–Trinajstić information content (AvgIpc) is 2.59. The molecule has 0 aliphatic rings. The first kappa shape index (κ1) is 49.6. The number of nitrogens with one attached hydrogen (secondary N) is 1. The molecule has 0 unspecified atom stereocenters. The van der Waals surface area contributed by atoms with E-state index in [4.69, 9.17) is 0 Å². The van der Waals surface area contributed by atoms with E-state index in [1.165, 1.54) is 17.9 Å². The van der Waals surface area contributed by atoms with E-state index in [0.29, 0.717) is 11.2 Å². The molecule has 2 rings (SSSR count). The molecule has 0 atom stereocenters. The number of imidazole rings is 1. The van der Waals surface area contributed by atoms with Gasteiger partial charge in [0.1, 0.15) is 5.52 Å². The summed E-state index contributed by atoms with van der Waals surface area (Å²) in [5.74, 6) is 0. The summed E-state index contributed by atoms with van der Waals surface area (Å²) in [6.45, 7) is 0. The molecule has 2 aromatic rings. The molecule has 11 nitrogen and oxygen atoms in total. The SMILES string of the molecule is Cn1c(=O)c2[nH]cnc2n(C)c1=O.N.N.N.N.N.[Cl-].[Cl-].[Cl-].[Ru+3]. The number of aromatic nitrogens is 4. The molecular weight excluding hydrogens is 450 g/mol. The zero-order valence-electron chi connectivity index (χ0n) is 12.3. The zero-order chi connectivity index (χ0) is 9.59. The molecule has 16 N–H and O–H groups in total. The van der Waals surface area contributed by atoms with Gasteiger partial charge >= 0.3 is 25.2 Å². The summed E-state index contributed by atoms with van der Waals surface area (Å²) in [7, 11) is 3.01. The Labute approximate surface area is 158 Å². The Bertz CT molecular complexity index is 599. The molecule has 22 heavy (non-hydrogen) atoms. The third-order valence-electron chi connectivity index (χ3n) is 2.03. The quantitative estimate of drug-likeness (QED) is 0.200. The summed E-state index contributed by atoms with van der Waals surface area (Å²) in [5.41, 5.74) is 0.0119. The van der Waals surface area contributed by atoms with Crippen LogP contribution in [0.4, 0.5) is 0 Å². The van der Waals surface area contributed by atoms with Gasteiger partial charge in [0.15, 0.2) is 5.65 Å². The zero-order valence-corrected chi connectivity index (χ0v) is 16.3. The normalized spacial score (nSPS) is 6.45. The maximum atomic E-state index is 11.4. The van der Waals surface area contributed by atoms with Gasteiger partial charge < -0.3 is 73.0 Å². The number of hydrogen-bond donors (Lipinski definition) is 6. The predicted octanol–water partition coefficient (Wildman–Crippen LogP) is -9.22. The second-order valence-corrected chi connectivity index (χ2v) is 2.81.